The first-order valence-electron chi connectivity index (χ1n) is 8.25. The molecule has 1 fully saturated rings. The number of carbonyl (C=O) groups is 1. The molecule has 1 N–H and O–H groups in total. The van der Waals surface area contributed by atoms with Gasteiger partial charge in [-0.1, -0.05) is 30.3 Å². The van der Waals surface area contributed by atoms with Crippen molar-refractivity contribution in [1.82, 2.24) is 15.2 Å². The van der Waals surface area contributed by atoms with E-state index in [9.17, 15) is 4.79 Å². The van der Waals surface area contributed by atoms with Gasteiger partial charge in [-0.05, 0) is 33.6 Å². The van der Waals surface area contributed by atoms with Crippen molar-refractivity contribution in [2.45, 2.75) is 6.54 Å². The molecule has 1 amide bonds. The van der Waals surface area contributed by atoms with E-state index in [4.69, 9.17) is 0 Å². The topological polar surface area (TPSA) is 47.9 Å². The summed E-state index contributed by atoms with van der Waals surface area (Å²) < 4.78 is 1.05. The molecule has 0 radical (unpaired) electrons. The van der Waals surface area contributed by atoms with Crippen LogP contribution in [0.15, 0.2) is 51.4 Å². The van der Waals surface area contributed by atoms with Crippen LogP contribution < -0.4 is 5.43 Å². The molecule has 0 aliphatic carbocycles. The molecule has 0 atom stereocenters. The number of hydrogen-bond acceptors (Lipinski definition) is 5. The highest BCUT2D eigenvalue weighted by Crippen LogP contribution is 2.20. The summed E-state index contributed by atoms with van der Waals surface area (Å²) in [6.07, 6.45) is 1.67. The number of piperazine rings is 1. The number of hydrazone groups is 1. The van der Waals surface area contributed by atoms with Gasteiger partial charge in [-0.2, -0.15) is 5.10 Å². The highest BCUT2D eigenvalue weighted by atomic mass is 79.9. The molecule has 1 saturated heterocycles. The van der Waals surface area contributed by atoms with Crippen molar-refractivity contribution in [2.75, 3.05) is 32.7 Å². The average Bonchev–Trinajstić information content (AvgIpc) is 3.03. The smallest absolute Gasteiger partial charge is 0.254 e. The normalized spacial score (nSPS) is 16.4. The number of nitrogens with zero attached hydrogens (tertiary/aromatic N) is 3. The summed E-state index contributed by atoms with van der Waals surface area (Å²) in [7, 11) is 0. The standard InChI is InChI=1S/C18H21BrN4OS/c19-17-7-6-16(25-17)12-20-21-18(24)14-23-10-8-22(9-11-23)13-15-4-2-1-3-5-15/h1-7,12H,8-11,13-14H2,(H,21,24)/b20-12+. The van der Waals surface area contributed by atoms with E-state index >= 15 is 0 Å². The summed E-state index contributed by atoms with van der Waals surface area (Å²) >= 11 is 4.98. The number of hydrogen-bond donors (Lipinski definition) is 1. The predicted octanol–water partition coefficient (Wildman–Crippen LogP) is 2.78. The van der Waals surface area contributed by atoms with Crippen molar-refractivity contribution >= 4 is 39.4 Å². The molecule has 0 spiro atoms. The van der Waals surface area contributed by atoms with Gasteiger partial charge in [0.1, 0.15) is 0 Å². The summed E-state index contributed by atoms with van der Waals surface area (Å²) in [6, 6.07) is 14.4. The fourth-order valence-electron chi connectivity index (χ4n) is 2.75. The molecule has 2 heterocycles. The molecule has 5 nitrogen and oxygen atoms in total. The minimum atomic E-state index is -0.0663. The van der Waals surface area contributed by atoms with Gasteiger partial charge in [-0.25, -0.2) is 5.43 Å². The van der Waals surface area contributed by atoms with Gasteiger partial charge < -0.3 is 0 Å². The maximum Gasteiger partial charge on any atom is 0.254 e. The molecular weight excluding hydrogens is 400 g/mol. The monoisotopic (exact) mass is 420 g/mol. The van der Waals surface area contributed by atoms with Crippen molar-refractivity contribution in [3.05, 3.63) is 56.7 Å². The summed E-state index contributed by atoms with van der Waals surface area (Å²) in [5.41, 5.74) is 3.94. The first kappa shape index (κ1) is 18.3. The van der Waals surface area contributed by atoms with Crippen molar-refractivity contribution < 1.29 is 4.79 Å². The molecule has 1 aliphatic heterocycles. The van der Waals surface area contributed by atoms with Gasteiger partial charge in [0.15, 0.2) is 0 Å². The molecule has 7 heteroatoms. The number of thiophene rings is 1. The second-order valence-electron chi connectivity index (χ2n) is 5.97. The van der Waals surface area contributed by atoms with Gasteiger partial charge in [0.2, 0.25) is 0 Å². The van der Waals surface area contributed by atoms with E-state index < -0.39 is 0 Å². The van der Waals surface area contributed by atoms with E-state index in [1.807, 2.05) is 18.2 Å². The molecule has 0 bridgehead atoms. The zero-order valence-corrected chi connectivity index (χ0v) is 16.3. The lowest BCUT2D eigenvalue weighted by Crippen LogP contribution is -2.48. The van der Waals surface area contributed by atoms with E-state index in [0.29, 0.717) is 6.54 Å². The number of carbonyl (C=O) groups excluding carboxylic acids is 1. The number of nitrogens with one attached hydrogen (secondary N) is 1. The summed E-state index contributed by atoms with van der Waals surface area (Å²) in [5.74, 6) is -0.0663. The third-order valence-electron chi connectivity index (χ3n) is 4.06. The Kier molecular flexibility index (Phi) is 6.75. The Labute approximate surface area is 160 Å². The Morgan fingerprint density at radius 2 is 1.84 bits per heavy atom. The first-order chi connectivity index (χ1) is 12.2. The molecule has 3 rings (SSSR count). The molecule has 2 aromatic rings. The first-order valence-corrected chi connectivity index (χ1v) is 9.86. The Morgan fingerprint density at radius 3 is 2.52 bits per heavy atom. The molecule has 1 aromatic heterocycles. The molecular formula is C18H21BrN4OS. The third kappa shape index (κ3) is 6.04. The van der Waals surface area contributed by atoms with E-state index in [2.05, 4.69) is 60.5 Å². The summed E-state index contributed by atoms with van der Waals surface area (Å²) in [4.78, 5) is 17.6. The van der Waals surface area contributed by atoms with Crippen molar-refractivity contribution in [3.8, 4) is 0 Å². The largest absolute Gasteiger partial charge is 0.297 e. The highest BCUT2D eigenvalue weighted by Gasteiger charge is 2.18. The van der Waals surface area contributed by atoms with Gasteiger partial charge in [0, 0.05) is 37.6 Å². The second kappa shape index (κ2) is 9.24. The maximum atomic E-state index is 12.0. The molecule has 0 unspecified atom stereocenters. The van der Waals surface area contributed by atoms with Crippen LogP contribution in [0.25, 0.3) is 0 Å². The lowest BCUT2D eigenvalue weighted by molar-refractivity contribution is -0.122. The maximum absolute atomic E-state index is 12.0. The van der Waals surface area contributed by atoms with Crippen LogP contribution in [0.4, 0.5) is 0 Å². The fourth-order valence-corrected chi connectivity index (χ4v) is 4.05. The Balaban J connectivity index is 1.37. The summed E-state index contributed by atoms with van der Waals surface area (Å²) in [5, 5.41) is 4.02. The van der Waals surface area contributed by atoms with E-state index in [1.165, 1.54) is 5.56 Å². The molecule has 1 aromatic carbocycles. The third-order valence-corrected chi connectivity index (χ3v) is 5.61. The van der Waals surface area contributed by atoms with E-state index in [-0.39, 0.29) is 5.91 Å². The second-order valence-corrected chi connectivity index (χ2v) is 8.47. The van der Waals surface area contributed by atoms with Crippen LogP contribution in [-0.4, -0.2) is 54.6 Å². The van der Waals surface area contributed by atoms with Crippen molar-refractivity contribution in [3.63, 3.8) is 0 Å². The Hall–Kier alpha value is -1.54. The number of halogens is 1. The quantitative estimate of drug-likeness (QED) is 0.577. The van der Waals surface area contributed by atoms with Crippen LogP contribution in [0.5, 0.6) is 0 Å². The average molecular weight is 421 g/mol. The number of rotatable bonds is 6. The minimum absolute atomic E-state index is 0.0663. The Bertz CT molecular complexity index is 711. The van der Waals surface area contributed by atoms with Gasteiger partial charge in [-0.15, -0.1) is 11.3 Å². The van der Waals surface area contributed by atoms with Crippen LogP contribution >= 0.6 is 27.3 Å². The molecule has 132 valence electrons. The van der Waals surface area contributed by atoms with Gasteiger partial charge in [-0.3, -0.25) is 14.6 Å². The van der Waals surface area contributed by atoms with Gasteiger partial charge in [0.25, 0.3) is 5.91 Å². The van der Waals surface area contributed by atoms with E-state index in [1.54, 1.807) is 17.6 Å². The van der Waals surface area contributed by atoms with Gasteiger partial charge in [0.05, 0.1) is 16.5 Å². The van der Waals surface area contributed by atoms with Crippen molar-refractivity contribution in [2.24, 2.45) is 5.10 Å². The highest BCUT2D eigenvalue weighted by molar-refractivity contribution is 9.11. The Morgan fingerprint density at radius 1 is 1.12 bits per heavy atom. The fraction of sp³-hybridized carbons (Fsp3) is 0.333. The lowest BCUT2D eigenvalue weighted by Gasteiger charge is -2.34. The number of amides is 1. The SMILES string of the molecule is O=C(CN1CCN(Cc2ccccc2)CC1)N/N=C/c1ccc(Br)s1. The van der Waals surface area contributed by atoms with Crippen molar-refractivity contribution in [1.29, 1.82) is 0 Å². The summed E-state index contributed by atoms with van der Waals surface area (Å²) in [6.45, 7) is 5.14. The zero-order valence-electron chi connectivity index (χ0n) is 13.9. The van der Waals surface area contributed by atoms with Crippen LogP contribution in [0.3, 0.4) is 0 Å². The van der Waals surface area contributed by atoms with Crippen LogP contribution in [0, 0.1) is 0 Å². The van der Waals surface area contributed by atoms with Crippen LogP contribution in [0.1, 0.15) is 10.4 Å². The molecule has 0 saturated carbocycles. The van der Waals surface area contributed by atoms with Gasteiger partial charge >= 0.3 is 0 Å². The zero-order chi connectivity index (χ0) is 17.5. The molecule has 25 heavy (non-hydrogen) atoms. The van der Waals surface area contributed by atoms with Crippen LogP contribution in [0.2, 0.25) is 0 Å². The number of benzene rings is 1. The van der Waals surface area contributed by atoms with Crippen LogP contribution in [-0.2, 0) is 11.3 Å². The molecule has 1 aliphatic rings. The van der Waals surface area contributed by atoms with E-state index in [0.717, 1.165) is 41.4 Å². The predicted molar refractivity (Wildman–Crippen MR) is 106 cm³/mol. The lowest BCUT2D eigenvalue weighted by atomic mass is 10.2. The minimum Gasteiger partial charge on any atom is -0.297 e.